The molecule has 0 atom stereocenters. The van der Waals surface area contributed by atoms with Gasteiger partial charge in [-0.05, 0) is 19.1 Å². The maximum absolute atomic E-state index is 13.3. The average Bonchev–Trinajstić information content (AvgIpc) is 2.42. The number of aryl methyl sites for hydroxylation is 1. The number of aromatic amines is 1. The average molecular weight is 202 g/mol. The van der Waals surface area contributed by atoms with Crippen LogP contribution in [-0.4, -0.2) is 4.98 Å². The van der Waals surface area contributed by atoms with Gasteiger partial charge in [-0.1, -0.05) is 11.6 Å². The summed E-state index contributed by atoms with van der Waals surface area (Å²) in [7, 11) is 0. The molecule has 1 heterocycles. The second kappa shape index (κ2) is 2.70. The minimum Gasteiger partial charge on any atom is -0.356 e. The van der Waals surface area contributed by atoms with E-state index < -0.39 is 16.7 Å². The fourth-order valence-electron chi connectivity index (χ4n) is 1.32. The van der Waals surface area contributed by atoms with Gasteiger partial charge in [0.2, 0.25) is 0 Å². The van der Waals surface area contributed by atoms with E-state index in [2.05, 4.69) is 4.98 Å². The van der Waals surface area contributed by atoms with Crippen molar-refractivity contribution < 1.29 is 8.78 Å². The van der Waals surface area contributed by atoms with Crippen molar-refractivity contribution in [3.8, 4) is 0 Å². The first-order valence-electron chi connectivity index (χ1n) is 3.72. The number of halogens is 3. The van der Waals surface area contributed by atoms with E-state index >= 15 is 0 Å². The second-order valence-corrected chi connectivity index (χ2v) is 3.28. The van der Waals surface area contributed by atoms with Crippen LogP contribution in [0.25, 0.3) is 10.9 Å². The van der Waals surface area contributed by atoms with Crippen LogP contribution >= 0.6 is 11.6 Å². The Labute approximate surface area is 78.3 Å². The van der Waals surface area contributed by atoms with Crippen molar-refractivity contribution in [2.75, 3.05) is 0 Å². The van der Waals surface area contributed by atoms with Crippen LogP contribution in [0.3, 0.4) is 0 Å². The van der Waals surface area contributed by atoms with Gasteiger partial charge in [-0.25, -0.2) is 8.78 Å². The van der Waals surface area contributed by atoms with Gasteiger partial charge in [-0.15, -0.1) is 0 Å². The zero-order valence-electron chi connectivity index (χ0n) is 6.79. The van der Waals surface area contributed by atoms with Crippen molar-refractivity contribution in [3.05, 3.63) is 34.5 Å². The van der Waals surface area contributed by atoms with E-state index in [1.807, 2.05) is 0 Å². The molecule has 0 saturated carbocycles. The molecule has 1 N–H and O–H groups in total. The minimum absolute atomic E-state index is 0.254. The van der Waals surface area contributed by atoms with Gasteiger partial charge in [-0.2, -0.15) is 0 Å². The molecule has 0 bridgehead atoms. The molecule has 2 rings (SSSR count). The first-order valence-corrected chi connectivity index (χ1v) is 4.10. The normalized spacial score (nSPS) is 11.1. The molecule has 0 amide bonds. The quantitative estimate of drug-likeness (QED) is 0.629. The highest BCUT2D eigenvalue weighted by Crippen LogP contribution is 2.27. The van der Waals surface area contributed by atoms with Crippen LogP contribution < -0.4 is 0 Å². The third-order valence-electron chi connectivity index (χ3n) is 1.89. The monoisotopic (exact) mass is 201 g/mol. The Morgan fingerprint density at radius 3 is 2.69 bits per heavy atom. The summed E-state index contributed by atoms with van der Waals surface area (Å²) in [6, 6.07) is 2.88. The Morgan fingerprint density at radius 2 is 2.00 bits per heavy atom. The highest BCUT2D eigenvalue weighted by atomic mass is 35.5. The molecule has 0 aliphatic heterocycles. The zero-order valence-corrected chi connectivity index (χ0v) is 7.54. The molecule has 0 fully saturated rings. The molecule has 68 valence electrons. The molecule has 1 nitrogen and oxygen atoms in total. The van der Waals surface area contributed by atoms with E-state index in [-0.39, 0.29) is 5.52 Å². The standard InChI is InChI=1S/C9H6ClF2N/c1-4-2-5-3-6(11)7(10)8(12)9(5)13-4/h2-3,13H,1H3. The lowest BCUT2D eigenvalue weighted by Gasteiger charge is -1.97. The smallest absolute Gasteiger partial charge is 0.168 e. The number of H-pyrrole nitrogens is 1. The lowest BCUT2D eigenvalue weighted by atomic mass is 10.2. The van der Waals surface area contributed by atoms with E-state index in [0.29, 0.717) is 5.39 Å². The molecular weight excluding hydrogens is 196 g/mol. The molecule has 0 unspecified atom stereocenters. The van der Waals surface area contributed by atoms with Crippen molar-refractivity contribution in [2.45, 2.75) is 6.92 Å². The number of fused-ring (bicyclic) bond motifs is 1. The SMILES string of the molecule is Cc1cc2cc(F)c(Cl)c(F)c2[nH]1. The molecule has 0 aliphatic rings. The second-order valence-electron chi connectivity index (χ2n) is 2.90. The Hall–Kier alpha value is -1.09. The number of benzene rings is 1. The fraction of sp³-hybridized carbons (Fsp3) is 0.111. The maximum atomic E-state index is 13.3. The summed E-state index contributed by atoms with van der Waals surface area (Å²) >= 11 is 5.40. The predicted molar refractivity (Wildman–Crippen MR) is 48.0 cm³/mol. The first kappa shape index (κ1) is 8.51. The maximum Gasteiger partial charge on any atom is 0.168 e. The van der Waals surface area contributed by atoms with Crippen LogP contribution in [0.2, 0.25) is 5.02 Å². The largest absolute Gasteiger partial charge is 0.356 e. The summed E-state index contributed by atoms with van der Waals surface area (Å²) in [5, 5.41) is 0.0336. The van der Waals surface area contributed by atoms with Crippen LogP contribution in [0.4, 0.5) is 8.78 Å². The number of nitrogens with one attached hydrogen (secondary N) is 1. The summed E-state index contributed by atoms with van der Waals surface area (Å²) in [6.45, 7) is 1.77. The van der Waals surface area contributed by atoms with E-state index in [0.717, 1.165) is 5.69 Å². The Bertz CT molecular complexity index is 476. The Balaban J connectivity index is 2.92. The zero-order chi connectivity index (χ0) is 9.59. The van der Waals surface area contributed by atoms with Crippen LogP contribution in [-0.2, 0) is 0 Å². The molecule has 0 saturated heterocycles. The van der Waals surface area contributed by atoms with Crippen molar-refractivity contribution in [1.82, 2.24) is 4.98 Å². The number of aromatic nitrogens is 1. The Morgan fingerprint density at radius 1 is 1.31 bits per heavy atom. The molecular formula is C9H6ClF2N. The minimum atomic E-state index is -0.732. The highest BCUT2D eigenvalue weighted by molar-refractivity contribution is 6.31. The third kappa shape index (κ3) is 1.20. The van der Waals surface area contributed by atoms with Gasteiger partial charge in [0.05, 0.1) is 5.52 Å². The van der Waals surface area contributed by atoms with Gasteiger partial charge in [0.15, 0.2) is 5.82 Å². The van der Waals surface area contributed by atoms with Crippen molar-refractivity contribution in [3.63, 3.8) is 0 Å². The van der Waals surface area contributed by atoms with Crippen LogP contribution in [0.1, 0.15) is 5.69 Å². The van der Waals surface area contributed by atoms with Gasteiger partial charge in [-0.3, -0.25) is 0 Å². The van der Waals surface area contributed by atoms with Gasteiger partial charge < -0.3 is 4.98 Å². The van der Waals surface area contributed by atoms with Gasteiger partial charge in [0, 0.05) is 11.1 Å². The van der Waals surface area contributed by atoms with E-state index in [4.69, 9.17) is 11.6 Å². The van der Waals surface area contributed by atoms with Crippen LogP contribution in [0.15, 0.2) is 12.1 Å². The van der Waals surface area contributed by atoms with Gasteiger partial charge in [0.25, 0.3) is 0 Å². The molecule has 1 aromatic carbocycles. The van der Waals surface area contributed by atoms with Gasteiger partial charge in [0.1, 0.15) is 10.8 Å². The molecule has 2 aromatic rings. The number of hydrogen-bond donors (Lipinski definition) is 1. The van der Waals surface area contributed by atoms with Crippen molar-refractivity contribution in [1.29, 1.82) is 0 Å². The van der Waals surface area contributed by atoms with Crippen LogP contribution in [0.5, 0.6) is 0 Å². The highest BCUT2D eigenvalue weighted by Gasteiger charge is 2.12. The summed E-state index contributed by atoms with van der Waals surface area (Å²) < 4.78 is 26.2. The number of rotatable bonds is 0. The summed E-state index contributed by atoms with van der Waals surface area (Å²) in [5.74, 6) is -1.46. The van der Waals surface area contributed by atoms with Gasteiger partial charge >= 0.3 is 0 Å². The molecule has 1 aromatic heterocycles. The molecule has 4 heteroatoms. The molecule has 0 spiro atoms. The number of hydrogen-bond acceptors (Lipinski definition) is 0. The molecule has 0 aliphatic carbocycles. The molecule has 13 heavy (non-hydrogen) atoms. The summed E-state index contributed by atoms with van der Waals surface area (Å²) in [6.07, 6.45) is 0. The topological polar surface area (TPSA) is 15.8 Å². The van der Waals surface area contributed by atoms with Crippen molar-refractivity contribution in [2.24, 2.45) is 0 Å². The van der Waals surface area contributed by atoms with E-state index in [1.54, 1.807) is 13.0 Å². The lowest BCUT2D eigenvalue weighted by molar-refractivity contribution is 0.591. The predicted octanol–water partition coefficient (Wildman–Crippen LogP) is 3.41. The third-order valence-corrected chi connectivity index (χ3v) is 2.23. The Kier molecular flexibility index (Phi) is 1.77. The molecule has 0 radical (unpaired) electrons. The van der Waals surface area contributed by atoms with E-state index in [9.17, 15) is 8.78 Å². The summed E-state index contributed by atoms with van der Waals surface area (Å²) in [4.78, 5) is 2.77. The summed E-state index contributed by atoms with van der Waals surface area (Å²) in [5.41, 5.74) is 1.03. The fourth-order valence-corrected chi connectivity index (χ4v) is 1.47. The van der Waals surface area contributed by atoms with Crippen molar-refractivity contribution >= 4 is 22.5 Å². The lowest BCUT2D eigenvalue weighted by Crippen LogP contribution is -1.85. The van der Waals surface area contributed by atoms with Crippen LogP contribution in [0, 0.1) is 18.6 Å². The first-order chi connectivity index (χ1) is 6.09. The van der Waals surface area contributed by atoms with E-state index in [1.165, 1.54) is 6.07 Å².